The van der Waals surface area contributed by atoms with Crippen molar-refractivity contribution in [3.8, 4) is 5.75 Å². The molecule has 0 amide bonds. The van der Waals surface area contributed by atoms with Crippen molar-refractivity contribution in [1.82, 2.24) is 0 Å². The van der Waals surface area contributed by atoms with Crippen molar-refractivity contribution in [2.75, 3.05) is 13.7 Å². The quantitative estimate of drug-likeness (QED) is 0.877. The van der Waals surface area contributed by atoms with Gasteiger partial charge in [0.25, 0.3) is 0 Å². The summed E-state index contributed by atoms with van der Waals surface area (Å²) in [5.74, 6) is 0.0441. The van der Waals surface area contributed by atoms with Crippen LogP contribution < -0.4 is 4.74 Å². The molecule has 0 saturated heterocycles. The first-order valence-corrected chi connectivity index (χ1v) is 7.95. The molecule has 2 N–H and O–H groups in total. The fourth-order valence-electron chi connectivity index (χ4n) is 3.34. The lowest BCUT2D eigenvalue weighted by molar-refractivity contribution is -0.0297. The Hall–Kier alpha value is -1.65. The summed E-state index contributed by atoms with van der Waals surface area (Å²) in [7, 11) is 1.57. The molecule has 0 bridgehead atoms. The van der Waals surface area contributed by atoms with Crippen molar-refractivity contribution < 1.29 is 19.3 Å². The molecule has 1 fully saturated rings. The van der Waals surface area contributed by atoms with E-state index >= 15 is 4.39 Å². The van der Waals surface area contributed by atoms with Crippen LogP contribution >= 0.6 is 0 Å². The smallest absolute Gasteiger partial charge is 0.166 e. The van der Waals surface area contributed by atoms with Gasteiger partial charge in [-0.2, -0.15) is 0 Å². The molecule has 4 heteroatoms. The van der Waals surface area contributed by atoms with Crippen molar-refractivity contribution in [2.24, 2.45) is 5.41 Å². The number of rotatable bonds is 5. The first-order chi connectivity index (χ1) is 10.9. The van der Waals surface area contributed by atoms with E-state index in [4.69, 9.17) is 4.74 Å². The van der Waals surface area contributed by atoms with E-state index in [2.05, 4.69) is 0 Å². The molecular formula is C19H23FO3. The van der Waals surface area contributed by atoms with E-state index in [1.807, 2.05) is 25.1 Å². The molecule has 1 aromatic carbocycles. The van der Waals surface area contributed by atoms with E-state index in [0.29, 0.717) is 11.3 Å². The molecule has 0 aromatic heterocycles. The standard InChI is InChI=1S/C19H23FO3/c1-18(8-9-18)17(22)19(20)11-13(12-21)6-7-16(19)14-4-3-5-15(10-14)23-2/h3-7,10-11,16-17,21-22H,8-9,12H2,1-2H3. The van der Waals surface area contributed by atoms with Gasteiger partial charge in [0.2, 0.25) is 0 Å². The van der Waals surface area contributed by atoms with Crippen LogP contribution in [0.4, 0.5) is 4.39 Å². The number of aliphatic hydroxyl groups excluding tert-OH is 2. The maximum atomic E-state index is 16.0. The summed E-state index contributed by atoms with van der Waals surface area (Å²) < 4.78 is 21.2. The van der Waals surface area contributed by atoms with Crippen LogP contribution in [0.25, 0.3) is 0 Å². The number of hydrogen-bond acceptors (Lipinski definition) is 3. The van der Waals surface area contributed by atoms with E-state index in [-0.39, 0.29) is 6.61 Å². The van der Waals surface area contributed by atoms with Gasteiger partial charge >= 0.3 is 0 Å². The van der Waals surface area contributed by atoms with Crippen LogP contribution in [0.15, 0.2) is 48.1 Å². The van der Waals surface area contributed by atoms with Gasteiger partial charge in [0.15, 0.2) is 5.67 Å². The van der Waals surface area contributed by atoms with E-state index in [1.54, 1.807) is 25.3 Å². The second kappa shape index (κ2) is 5.77. The molecule has 1 saturated carbocycles. The van der Waals surface area contributed by atoms with Gasteiger partial charge in [-0.1, -0.05) is 31.2 Å². The van der Waals surface area contributed by atoms with E-state index in [1.165, 1.54) is 6.08 Å². The zero-order chi connectivity index (χ0) is 16.7. The number of aliphatic hydroxyl groups is 2. The third-order valence-corrected chi connectivity index (χ3v) is 5.14. The van der Waals surface area contributed by atoms with Crippen molar-refractivity contribution in [3.63, 3.8) is 0 Å². The Balaban J connectivity index is 2.03. The maximum absolute atomic E-state index is 16.0. The van der Waals surface area contributed by atoms with Gasteiger partial charge < -0.3 is 14.9 Å². The molecule has 1 aromatic rings. The fraction of sp³-hybridized carbons (Fsp3) is 0.474. The number of methoxy groups -OCH3 is 1. The molecule has 124 valence electrons. The SMILES string of the molecule is COc1cccc(C2C=CC(CO)=CC2(F)C(O)C2(C)CC2)c1. The maximum Gasteiger partial charge on any atom is 0.166 e. The summed E-state index contributed by atoms with van der Waals surface area (Å²) in [6.45, 7) is 1.67. The average Bonchev–Trinajstić information content (AvgIpc) is 3.32. The highest BCUT2D eigenvalue weighted by atomic mass is 19.1. The fourth-order valence-corrected chi connectivity index (χ4v) is 3.34. The number of allylic oxidation sites excluding steroid dienone is 1. The highest BCUT2D eigenvalue weighted by Gasteiger charge is 2.57. The van der Waals surface area contributed by atoms with Gasteiger partial charge in [-0.15, -0.1) is 0 Å². The average molecular weight is 318 g/mol. The Morgan fingerprint density at radius 3 is 2.74 bits per heavy atom. The highest BCUT2D eigenvalue weighted by Crippen LogP contribution is 2.56. The summed E-state index contributed by atoms with van der Waals surface area (Å²) in [6.07, 6.45) is 5.37. The van der Waals surface area contributed by atoms with Gasteiger partial charge in [-0.25, -0.2) is 4.39 Å². The lowest BCUT2D eigenvalue weighted by atomic mass is 9.71. The lowest BCUT2D eigenvalue weighted by Crippen LogP contribution is -2.47. The van der Waals surface area contributed by atoms with Crippen LogP contribution in [-0.2, 0) is 0 Å². The Morgan fingerprint density at radius 1 is 1.39 bits per heavy atom. The monoisotopic (exact) mass is 318 g/mol. The molecule has 3 unspecified atom stereocenters. The van der Waals surface area contributed by atoms with E-state index in [0.717, 1.165) is 18.4 Å². The number of benzene rings is 1. The second-order valence-corrected chi connectivity index (χ2v) is 6.87. The first kappa shape index (κ1) is 16.2. The van der Waals surface area contributed by atoms with Crippen molar-refractivity contribution in [1.29, 1.82) is 0 Å². The molecule has 0 heterocycles. The summed E-state index contributed by atoms with van der Waals surface area (Å²) >= 11 is 0. The predicted molar refractivity (Wildman–Crippen MR) is 87.2 cm³/mol. The van der Waals surface area contributed by atoms with Crippen LogP contribution in [0.3, 0.4) is 0 Å². The Morgan fingerprint density at radius 2 is 2.13 bits per heavy atom. The molecule has 3 rings (SSSR count). The molecular weight excluding hydrogens is 295 g/mol. The zero-order valence-electron chi connectivity index (χ0n) is 13.5. The van der Waals surface area contributed by atoms with Gasteiger partial charge in [0.05, 0.1) is 19.8 Å². The summed E-state index contributed by atoms with van der Waals surface area (Å²) in [5, 5.41) is 20.1. The third kappa shape index (κ3) is 2.81. The molecule has 3 atom stereocenters. The Bertz CT molecular complexity index is 648. The molecule has 0 radical (unpaired) electrons. The topological polar surface area (TPSA) is 49.7 Å². The molecule has 3 nitrogen and oxygen atoms in total. The van der Waals surface area contributed by atoms with Crippen LogP contribution in [-0.4, -0.2) is 35.7 Å². The normalized spacial score (nSPS) is 29.8. The van der Waals surface area contributed by atoms with Crippen molar-refractivity contribution >= 4 is 0 Å². The third-order valence-electron chi connectivity index (χ3n) is 5.14. The molecule has 23 heavy (non-hydrogen) atoms. The van der Waals surface area contributed by atoms with Gasteiger partial charge in [-0.3, -0.25) is 0 Å². The zero-order valence-corrected chi connectivity index (χ0v) is 13.5. The molecule has 0 spiro atoms. The van der Waals surface area contributed by atoms with Crippen LogP contribution in [0.5, 0.6) is 5.75 Å². The van der Waals surface area contributed by atoms with Crippen LogP contribution in [0.2, 0.25) is 0 Å². The van der Waals surface area contributed by atoms with Gasteiger partial charge in [0, 0.05) is 5.92 Å². The summed E-state index contributed by atoms with van der Waals surface area (Å²) in [5.41, 5.74) is -1.09. The number of ether oxygens (including phenoxy) is 1. The van der Waals surface area contributed by atoms with Crippen LogP contribution in [0, 0.1) is 5.41 Å². The first-order valence-electron chi connectivity index (χ1n) is 7.95. The van der Waals surface area contributed by atoms with Crippen molar-refractivity contribution in [3.05, 3.63) is 53.6 Å². The minimum absolute atomic E-state index is 0.240. The minimum atomic E-state index is -1.94. The number of halogens is 1. The minimum Gasteiger partial charge on any atom is -0.497 e. The summed E-state index contributed by atoms with van der Waals surface area (Å²) in [6, 6.07) is 7.26. The second-order valence-electron chi connectivity index (χ2n) is 6.87. The largest absolute Gasteiger partial charge is 0.497 e. The Kier molecular flexibility index (Phi) is 4.07. The van der Waals surface area contributed by atoms with E-state index < -0.39 is 23.1 Å². The molecule has 0 aliphatic heterocycles. The number of hydrogen-bond donors (Lipinski definition) is 2. The molecule has 2 aliphatic carbocycles. The molecule has 2 aliphatic rings. The highest BCUT2D eigenvalue weighted by molar-refractivity contribution is 5.44. The van der Waals surface area contributed by atoms with Gasteiger partial charge in [0.1, 0.15) is 5.75 Å². The van der Waals surface area contributed by atoms with Crippen molar-refractivity contribution in [2.45, 2.75) is 37.5 Å². The predicted octanol–water partition coefficient (Wildman–Crippen LogP) is 3.14. The lowest BCUT2D eigenvalue weighted by Gasteiger charge is -2.39. The summed E-state index contributed by atoms with van der Waals surface area (Å²) in [4.78, 5) is 0. The number of alkyl halides is 1. The van der Waals surface area contributed by atoms with Crippen LogP contribution in [0.1, 0.15) is 31.2 Å². The van der Waals surface area contributed by atoms with E-state index in [9.17, 15) is 10.2 Å². The van der Waals surface area contributed by atoms with Gasteiger partial charge in [-0.05, 0) is 47.6 Å². The Labute approximate surface area is 136 Å².